The van der Waals surface area contributed by atoms with E-state index >= 15 is 0 Å². The Hall–Kier alpha value is -5.49. The number of carbonyl (C=O) groups excluding carboxylic acids is 3. The molecular formula is C42H44FN5O5. The molecule has 10 nitrogen and oxygen atoms in total. The van der Waals surface area contributed by atoms with E-state index in [0.717, 1.165) is 5.56 Å². The van der Waals surface area contributed by atoms with Gasteiger partial charge in [-0.3, -0.25) is 4.79 Å². The summed E-state index contributed by atoms with van der Waals surface area (Å²) in [5.74, 6) is -1.09. The van der Waals surface area contributed by atoms with Crippen molar-refractivity contribution in [3.63, 3.8) is 0 Å². The maximum Gasteiger partial charge on any atom is 0.410 e. The largest absolute Gasteiger partial charge is 0.603 e. The van der Waals surface area contributed by atoms with Gasteiger partial charge in [-0.2, -0.15) is 0 Å². The van der Waals surface area contributed by atoms with Crippen LogP contribution in [0.25, 0.3) is 10.9 Å². The fourth-order valence-corrected chi connectivity index (χ4v) is 6.78. The molecule has 6 rings (SSSR count). The van der Waals surface area contributed by atoms with E-state index in [0.29, 0.717) is 52.9 Å². The Bertz CT molecular complexity index is 2120. The van der Waals surface area contributed by atoms with E-state index in [2.05, 4.69) is 10.3 Å². The van der Waals surface area contributed by atoms with Crippen LogP contribution in [0.3, 0.4) is 0 Å². The van der Waals surface area contributed by atoms with Crippen LogP contribution in [0.5, 0.6) is 0 Å². The highest BCUT2D eigenvalue weighted by Gasteiger charge is 2.40. The maximum atomic E-state index is 14.9. The number of rotatable bonds is 9. The van der Waals surface area contributed by atoms with Gasteiger partial charge in [0.2, 0.25) is 0 Å². The van der Waals surface area contributed by atoms with Crippen molar-refractivity contribution >= 4 is 34.6 Å². The Morgan fingerprint density at radius 3 is 2.40 bits per heavy atom. The molecule has 0 radical (unpaired) electrons. The second-order valence-electron chi connectivity index (χ2n) is 14.5. The van der Waals surface area contributed by atoms with Gasteiger partial charge in [0.05, 0.1) is 17.6 Å². The molecule has 11 heteroatoms. The summed E-state index contributed by atoms with van der Waals surface area (Å²) in [6.07, 6.45) is 0.337. The lowest BCUT2D eigenvalue weighted by atomic mass is 9.93. The predicted octanol–water partition coefficient (Wildman–Crippen LogP) is 8.61. The first-order valence-electron chi connectivity index (χ1n) is 17.7. The fourth-order valence-electron chi connectivity index (χ4n) is 6.78. The first kappa shape index (κ1) is 37.3. The van der Waals surface area contributed by atoms with Gasteiger partial charge in [0.25, 0.3) is 5.91 Å². The molecular weight excluding hydrogens is 673 g/mol. The number of nitrogens with one attached hydrogen (secondary N) is 1. The number of quaternary nitrogens is 1. The van der Waals surface area contributed by atoms with Gasteiger partial charge in [-0.15, -0.1) is 5.01 Å². The van der Waals surface area contributed by atoms with Crippen molar-refractivity contribution in [1.29, 1.82) is 0 Å². The van der Waals surface area contributed by atoms with E-state index in [1.54, 1.807) is 73.5 Å². The number of halogens is 1. The normalized spacial score (nSPS) is 16.3. The summed E-state index contributed by atoms with van der Waals surface area (Å²) in [7, 11) is 1.59. The zero-order chi connectivity index (χ0) is 37.9. The third-order valence-corrected chi connectivity index (χ3v) is 9.59. The Kier molecular flexibility index (Phi) is 10.7. The van der Waals surface area contributed by atoms with Gasteiger partial charge in [0.1, 0.15) is 23.3 Å². The minimum Gasteiger partial charge on any atom is -0.603 e. The maximum absolute atomic E-state index is 14.9. The summed E-state index contributed by atoms with van der Waals surface area (Å²) < 4.78 is 17.9. The molecule has 1 aliphatic heterocycles. The van der Waals surface area contributed by atoms with Gasteiger partial charge in [0.15, 0.2) is 0 Å². The van der Waals surface area contributed by atoms with Crippen molar-refractivity contribution in [3.05, 3.63) is 148 Å². The van der Waals surface area contributed by atoms with Crippen molar-refractivity contribution in [1.82, 2.24) is 14.9 Å². The average Bonchev–Trinajstić information content (AvgIpc) is 3.65. The topological polar surface area (TPSA) is 115 Å². The zero-order valence-electron chi connectivity index (χ0n) is 30.6. The van der Waals surface area contributed by atoms with Crippen molar-refractivity contribution in [2.24, 2.45) is 0 Å². The number of pyridine rings is 1. The number of nitrogens with zero attached hydrogens (tertiary/aromatic N) is 4. The highest BCUT2D eigenvalue weighted by molar-refractivity contribution is 6.05. The van der Waals surface area contributed by atoms with Crippen LogP contribution in [0.15, 0.2) is 109 Å². The minimum atomic E-state index is -1.32. The van der Waals surface area contributed by atoms with E-state index < -0.39 is 22.3 Å². The van der Waals surface area contributed by atoms with Crippen molar-refractivity contribution < 1.29 is 28.3 Å². The molecule has 2 heterocycles. The van der Waals surface area contributed by atoms with Gasteiger partial charge < -0.3 is 20.2 Å². The van der Waals surface area contributed by atoms with Crippen molar-refractivity contribution in [3.8, 4) is 0 Å². The molecule has 1 aromatic heterocycles. The lowest BCUT2D eigenvalue weighted by Crippen LogP contribution is -2.58. The number of hydrogen-bond acceptors (Lipinski definition) is 7. The second kappa shape index (κ2) is 15.2. The molecule has 5 aromatic rings. The van der Waals surface area contributed by atoms with Crippen LogP contribution in [0.1, 0.15) is 83.5 Å². The highest BCUT2D eigenvalue weighted by atomic mass is 19.1. The number of hydrogen-bond donors (Lipinski definition) is 1. The second-order valence-corrected chi connectivity index (χ2v) is 14.5. The van der Waals surface area contributed by atoms with Crippen LogP contribution in [0.2, 0.25) is 0 Å². The van der Waals surface area contributed by atoms with Crippen LogP contribution < -0.4 is 5.32 Å². The van der Waals surface area contributed by atoms with Crippen LogP contribution in [0, 0.1) is 11.0 Å². The van der Waals surface area contributed by atoms with Crippen LogP contribution in [0.4, 0.5) is 15.0 Å². The van der Waals surface area contributed by atoms with E-state index in [1.807, 2.05) is 63.2 Å². The summed E-state index contributed by atoms with van der Waals surface area (Å²) >= 11 is 0. The van der Waals surface area contributed by atoms with E-state index in [1.165, 1.54) is 17.1 Å². The molecule has 3 atom stereocenters. The third kappa shape index (κ3) is 8.28. The first-order chi connectivity index (χ1) is 25.2. The van der Waals surface area contributed by atoms with Gasteiger partial charge in [0, 0.05) is 42.6 Å². The Labute approximate surface area is 308 Å². The molecule has 1 aliphatic rings. The summed E-state index contributed by atoms with van der Waals surface area (Å²) in [6, 6.07) is 29.8. The minimum absolute atomic E-state index is 0.0316. The van der Waals surface area contributed by atoms with Crippen LogP contribution >= 0.6 is 0 Å². The molecule has 1 N–H and O–H groups in total. The van der Waals surface area contributed by atoms with Gasteiger partial charge >= 0.3 is 12.0 Å². The molecule has 0 spiro atoms. The molecule has 0 saturated carbocycles. The Morgan fingerprint density at radius 1 is 0.981 bits per heavy atom. The molecule has 0 bridgehead atoms. The lowest BCUT2D eigenvalue weighted by molar-refractivity contribution is -0.947. The molecule has 1 fully saturated rings. The fraction of sp³-hybridized carbons (Fsp3) is 0.286. The van der Waals surface area contributed by atoms with Crippen molar-refractivity contribution in [2.45, 2.75) is 58.2 Å². The number of anilines is 1. The van der Waals surface area contributed by atoms with Gasteiger partial charge in [-0.25, -0.2) is 23.7 Å². The lowest BCUT2D eigenvalue weighted by Gasteiger charge is -2.49. The third-order valence-electron chi connectivity index (χ3n) is 9.59. The van der Waals surface area contributed by atoms with E-state index in [9.17, 15) is 24.0 Å². The van der Waals surface area contributed by atoms with Gasteiger partial charge in [-0.1, -0.05) is 60.7 Å². The number of ether oxygens (including phenoxy) is 1. The van der Waals surface area contributed by atoms with Crippen LogP contribution in [-0.2, 0) is 11.3 Å². The monoisotopic (exact) mass is 717 g/mol. The predicted molar refractivity (Wildman–Crippen MR) is 202 cm³/mol. The number of benzene rings is 4. The molecule has 1 saturated heterocycles. The summed E-state index contributed by atoms with van der Waals surface area (Å²) in [4.78, 5) is 46.9. The first-order valence-corrected chi connectivity index (χ1v) is 17.7. The standard InChI is InChI=1S/C42H44FN5O5/c1-28(30-11-7-6-8-12-30)48(52,46(5)26-29-15-19-34(43)20-16-29)40(50)32-17-21-37-31(25-32)18-22-38(44-37)45-39(49)36-14-10-9-13-35(36)33-23-24-47(27-33)41(51)53-42(2,3)4/h6-22,25,28,33H,23-24,26-27H2,1-5H3,(H,44,45,49). The summed E-state index contributed by atoms with van der Waals surface area (Å²) in [5, 5.41) is 19.8. The zero-order valence-corrected chi connectivity index (χ0v) is 30.6. The molecule has 53 heavy (non-hydrogen) atoms. The number of carbonyl (C=O) groups is 3. The quantitative estimate of drug-likeness (QED) is 0.120. The molecule has 3 amide bonds. The van der Waals surface area contributed by atoms with Crippen molar-refractivity contribution in [2.75, 3.05) is 25.5 Å². The number of likely N-dealkylation sites (tertiary alicyclic amines) is 1. The van der Waals surface area contributed by atoms with E-state index in [4.69, 9.17) is 4.74 Å². The summed E-state index contributed by atoms with van der Waals surface area (Å²) in [6.45, 7) is 8.31. The molecule has 274 valence electrons. The number of hydroxylamine groups is 2. The Morgan fingerprint density at radius 2 is 1.68 bits per heavy atom. The molecule has 0 aliphatic carbocycles. The van der Waals surface area contributed by atoms with Gasteiger partial charge in [-0.05, 0) is 93.8 Å². The Balaban J connectivity index is 1.21. The molecule has 4 aromatic carbocycles. The number of fused-ring (bicyclic) bond motifs is 1. The smallest absolute Gasteiger partial charge is 0.410 e. The SMILES string of the molecule is CC(c1ccccc1)[N+]([O-])(C(=O)c1ccc2nc(NC(=O)c3ccccc3C3CCN(C(=O)OC(C)(C)C)C3)ccc2c1)N(C)Cc1ccc(F)cc1. The number of amides is 3. The average molecular weight is 718 g/mol. The van der Waals surface area contributed by atoms with E-state index in [-0.39, 0.29) is 35.8 Å². The highest BCUT2D eigenvalue weighted by Crippen LogP contribution is 2.34. The molecule has 3 unspecified atom stereocenters. The van der Waals surface area contributed by atoms with Crippen LogP contribution in [-0.4, -0.2) is 63.3 Å². The number of aromatic nitrogens is 1. The summed E-state index contributed by atoms with van der Waals surface area (Å²) in [5.41, 5.74) is 2.84.